The van der Waals surface area contributed by atoms with Crippen molar-refractivity contribution in [2.75, 3.05) is 0 Å². The molecule has 0 fully saturated rings. The Labute approximate surface area is 166 Å². The van der Waals surface area contributed by atoms with Crippen LogP contribution in [0.2, 0.25) is 0 Å². The molecule has 0 atom stereocenters. The Bertz CT molecular complexity index is 1230. The van der Waals surface area contributed by atoms with Crippen LogP contribution in [0.5, 0.6) is 11.5 Å². The van der Waals surface area contributed by atoms with Crippen LogP contribution >= 0.6 is 0 Å². The fraction of sp³-hybridized carbons (Fsp3) is 0. The lowest BCUT2D eigenvalue weighted by Crippen LogP contribution is -2.10. The SMILES string of the molecule is O=C(Oc1cccc(C(=O)O)c1-c1ccc2ccccc2c1)c1ccc(O)cc1. The molecule has 0 bridgehead atoms. The molecule has 0 heterocycles. The number of carboxylic acids is 1. The van der Waals surface area contributed by atoms with E-state index in [4.69, 9.17) is 4.74 Å². The highest BCUT2D eigenvalue weighted by Crippen LogP contribution is 2.35. The molecule has 0 spiro atoms. The van der Waals surface area contributed by atoms with Gasteiger partial charge in [-0.2, -0.15) is 0 Å². The number of aromatic carboxylic acids is 1. The molecule has 142 valence electrons. The van der Waals surface area contributed by atoms with E-state index in [1.165, 1.54) is 36.4 Å². The first-order valence-electron chi connectivity index (χ1n) is 8.89. The number of carbonyl (C=O) groups excluding carboxylic acids is 1. The molecule has 4 aromatic rings. The summed E-state index contributed by atoms with van der Waals surface area (Å²) in [7, 11) is 0. The zero-order chi connectivity index (χ0) is 20.4. The fourth-order valence-corrected chi connectivity index (χ4v) is 3.19. The molecule has 0 aliphatic rings. The van der Waals surface area contributed by atoms with E-state index in [-0.39, 0.29) is 22.6 Å². The summed E-state index contributed by atoms with van der Waals surface area (Å²) in [6.07, 6.45) is 0. The minimum atomic E-state index is -1.12. The van der Waals surface area contributed by atoms with Gasteiger partial charge in [0.1, 0.15) is 11.5 Å². The molecule has 0 aliphatic heterocycles. The van der Waals surface area contributed by atoms with Crippen LogP contribution in [-0.4, -0.2) is 22.2 Å². The molecule has 4 rings (SSSR count). The van der Waals surface area contributed by atoms with Crippen molar-refractivity contribution in [2.45, 2.75) is 0 Å². The average molecular weight is 384 g/mol. The van der Waals surface area contributed by atoms with Crippen molar-refractivity contribution >= 4 is 22.7 Å². The van der Waals surface area contributed by atoms with Gasteiger partial charge < -0.3 is 14.9 Å². The minimum absolute atomic E-state index is 0.0336. The van der Waals surface area contributed by atoms with Crippen molar-refractivity contribution in [1.82, 2.24) is 0 Å². The monoisotopic (exact) mass is 384 g/mol. The zero-order valence-corrected chi connectivity index (χ0v) is 15.2. The van der Waals surface area contributed by atoms with Crippen LogP contribution in [0.1, 0.15) is 20.7 Å². The van der Waals surface area contributed by atoms with Crippen LogP contribution in [0.3, 0.4) is 0 Å². The zero-order valence-electron chi connectivity index (χ0n) is 15.2. The number of hydrogen-bond acceptors (Lipinski definition) is 4. The first-order valence-corrected chi connectivity index (χ1v) is 8.89. The van der Waals surface area contributed by atoms with Crippen LogP contribution in [0, 0.1) is 0 Å². The Morgan fingerprint density at radius 1 is 0.759 bits per heavy atom. The van der Waals surface area contributed by atoms with Crippen LogP contribution in [0.15, 0.2) is 84.9 Å². The van der Waals surface area contributed by atoms with E-state index >= 15 is 0 Å². The average Bonchev–Trinajstić information content (AvgIpc) is 2.73. The number of benzene rings is 4. The molecular formula is C24H16O5. The molecule has 0 saturated carbocycles. The Balaban J connectivity index is 1.82. The number of phenols is 1. The largest absolute Gasteiger partial charge is 0.508 e. The summed E-state index contributed by atoms with van der Waals surface area (Å²) in [5.41, 5.74) is 1.25. The molecule has 0 amide bonds. The van der Waals surface area contributed by atoms with Crippen LogP contribution < -0.4 is 4.74 Å². The predicted molar refractivity (Wildman–Crippen MR) is 109 cm³/mol. The molecule has 4 aromatic carbocycles. The lowest BCUT2D eigenvalue weighted by molar-refractivity contribution is 0.0689. The van der Waals surface area contributed by atoms with Gasteiger partial charge in [0.05, 0.1) is 11.1 Å². The molecular weight excluding hydrogens is 368 g/mol. The highest BCUT2D eigenvalue weighted by atomic mass is 16.5. The van der Waals surface area contributed by atoms with Gasteiger partial charge in [0.25, 0.3) is 0 Å². The summed E-state index contributed by atoms with van der Waals surface area (Å²) >= 11 is 0. The number of hydrogen-bond donors (Lipinski definition) is 2. The van der Waals surface area contributed by atoms with Crippen molar-refractivity contribution < 1.29 is 24.5 Å². The fourth-order valence-electron chi connectivity index (χ4n) is 3.19. The Kier molecular flexibility index (Phi) is 4.71. The van der Waals surface area contributed by atoms with Gasteiger partial charge in [-0.3, -0.25) is 0 Å². The van der Waals surface area contributed by atoms with E-state index in [0.717, 1.165) is 10.8 Å². The van der Waals surface area contributed by atoms with Crippen LogP contribution in [0.4, 0.5) is 0 Å². The van der Waals surface area contributed by atoms with Crippen molar-refractivity contribution in [3.05, 3.63) is 96.1 Å². The second-order valence-electron chi connectivity index (χ2n) is 6.48. The van der Waals surface area contributed by atoms with Crippen LogP contribution in [-0.2, 0) is 0 Å². The maximum atomic E-state index is 12.6. The maximum Gasteiger partial charge on any atom is 0.343 e. The molecule has 5 nitrogen and oxygen atoms in total. The molecule has 0 unspecified atom stereocenters. The van der Waals surface area contributed by atoms with Crippen molar-refractivity contribution in [3.63, 3.8) is 0 Å². The first kappa shape index (κ1) is 18.3. The third kappa shape index (κ3) is 3.66. The van der Waals surface area contributed by atoms with Gasteiger partial charge in [0.15, 0.2) is 0 Å². The number of rotatable bonds is 4. The second kappa shape index (κ2) is 7.48. The van der Waals surface area contributed by atoms with Crippen molar-refractivity contribution in [2.24, 2.45) is 0 Å². The van der Waals surface area contributed by atoms with E-state index in [1.54, 1.807) is 6.07 Å². The molecule has 0 aliphatic carbocycles. The number of phenolic OH excluding ortho intramolecular Hbond substituents is 1. The van der Waals surface area contributed by atoms with Gasteiger partial charge in [0.2, 0.25) is 0 Å². The first-order chi connectivity index (χ1) is 14.0. The van der Waals surface area contributed by atoms with E-state index in [1.807, 2.05) is 42.5 Å². The predicted octanol–water partition coefficient (Wildman–Crippen LogP) is 5.13. The van der Waals surface area contributed by atoms with E-state index < -0.39 is 11.9 Å². The number of esters is 1. The summed E-state index contributed by atoms with van der Waals surface area (Å²) in [6, 6.07) is 23.5. The Hall–Kier alpha value is -4.12. The maximum absolute atomic E-state index is 12.6. The Morgan fingerprint density at radius 3 is 2.21 bits per heavy atom. The molecule has 0 radical (unpaired) electrons. The van der Waals surface area contributed by atoms with Gasteiger partial charge in [0, 0.05) is 5.56 Å². The smallest absolute Gasteiger partial charge is 0.343 e. The molecule has 5 heteroatoms. The summed E-state index contributed by atoms with van der Waals surface area (Å²) in [4.78, 5) is 24.4. The quantitative estimate of drug-likeness (QED) is 0.376. The summed E-state index contributed by atoms with van der Waals surface area (Å²) < 4.78 is 5.54. The van der Waals surface area contributed by atoms with Crippen LogP contribution in [0.25, 0.3) is 21.9 Å². The normalized spacial score (nSPS) is 10.6. The van der Waals surface area contributed by atoms with E-state index in [9.17, 15) is 19.8 Å². The lowest BCUT2D eigenvalue weighted by Gasteiger charge is -2.14. The molecule has 29 heavy (non-hydrogen) atoms. The number of carboxylic acid groups (broad SMARTS) is 1. The van der Waals surface area contributed by atoms with Gasteiger partial charge in [-0.05, 0) is 58.8 Å². The van der Waals surface area contributed by atoms with Crippen molar-refractivity contribution in [1.29, 1.82) is 0 Å². The van der Waals surface area contributed by atoms with Gasteiger partial charge >= 0.3 is 11.9 Å². The number of aromatic hydroxyl groups is 1. The highest BCUT2D eigenvalue weighted by molar-refractivity contribution is 6.01. The molecule has 0 aromatic heterocycles. The van der Waals surface area contributed by atoms with Gasteiger partial charge in [-0.1, -0.05) is 42.5 Å². The number of fused-ring (bicyclic) bond motifs is 1. The van der Waals surface area contributed by atoms with E-state index in [0.29, 0.717) is 11.1 Å². The summed E-state index contributed by atoms with van der Waals surface area (Å²) in [5, 5.41) is 21.0. The number of ether oxygens (including phenoxy) is 1. The van der Waals surface area contributed by atoms with Gasteiger partial charge in [-0.25, -0.2) is 9.59 Å². The number of carbonyl (C=O) groups is 2. The summed E-state index contributed by atoms with van der Waals surface area (Å²) in [6.45, 7) is 0. The minimum Gasteiger partial charge on any atom is -0.508 e. The third-order valence-corrected chi connectivity index (χ3v) is 4.60. The van der Waals surface area contributed by atoms with Crippen molar-refractivity contribution in [3.8, 4) is 22.6 Å². The third-order valence-electron chi connectivity index (χ3n) is 4.60. The summed E-state index contributed by atoms with van der Waals surface area (Å²) in [5.74, 6) is -1.57. The lowest BCUT2D eigenvalue weighted by atomic mass is 9.96. The topological polar surface area (TPSA) is 83.8 Å². The molecule has 2 N–H and O–H groups in total. The molecule has 0 saturated heterocycles. The standard InChI is InChI=1S/C24H16O5/c25-19-12-10-16(11-13-19)24(28)29-21-7-3-6-20(23(26)27)22(21)18-9-8-15-4-1-2-5-17(15)14-18/h1-14,25H,(H,26,27). The highest BCUT2D eigenvalue weighted by Gasteiger charge is 2.20. The van der Waals surface area contributed by atoms with Gasteiger partial charge in [-0.15, -0.1) is 0 Å². The second-order valence-corrected chi connectivity index (χ2v) is 6.48. The van der Waals surface area contributed by atoms with E-state index in [2.05, 4.69) is 0 Å². The Morgan fingerprint density at radius 2 is 1.48 bits per heavy atom.